The van der Waals surface area contributed by atoms with E-state index >= 15 is 0 Å². The first-order valence-corrected chi connectivity index (χ1v) is 7.46. The molecule has 2 amide bonds. The van der Waals surface area contributed by atoms with Crippen molar-refractivity contribution < 1.29 is 14.8 Å². The van der Waals surface area contributed by atoms with Gasteiger partial charge in [0.1, 0.15) is 0 Å². The molecule has 0 aliphatic carbocycles. The van der Waals surface area contributed by atoms with E-state index in [4.69, 9.17) is 5.21 Å². The minimum atomic E-state index is -0.320. The number of para-hydroxylation sites is 1. The Balaban J connectivity index is 2.13. The molecule has 3 N–H and O–H groups in total. The van der Waals surface area contributed by atoms with Gasteiger partial charge in [0.25, 0.3) is 0 Å². The van der Waals surface area contributed by atoms with Crippen LogP contribution >= 0.6 is 0 Å². The smallest absolute Gasteiger partial charge is 0.246 e. The second-order valence-corrected chi connectivity index (χ2v) is 5.09. The van der Waals surface area contributed by atoms with Crippen molar-refractivity contribution in [2.45, 2.75) is 45.4 Å². The number of amides is 2. The monoisotopic (exact) mass is 292 g/mol. The summed E-state index contributed by atoms with van der Waals surface area (Å²) in [4.78, 5) is 23.0. The molecule has 0 saturated heterocycles. The molecule has 0 saturated carbocycles. The highest BCUT2D eigenvalue weighted by atomic mass is 16.5. The first kappa shape index (κ1) is 17.2. The normalized spacial score (nSPS) is 11.7. The Morgan fingerprint density at radius 2 is 1.86 bits per heavy atom. The molecule has 0 aliphatic heterocycles. The molecule has 0 fully saturated rings. The molecule has 1 rings (SSSR count). The third kappa shape index (κ3) is 6.90. The van der Waals surface area contributed by atoms with E-state index in [0.29, 0.717) is 12.8 Å². The van der Waals surface area contributed by atoms with Crippen LogP contribution in [0.1, 0.15) is 45.4 Å². The predicted octanol–water partition coefficient (Wildman–Crippen LogP) is 3.11. The molecular formula is C16H24N2O3. The van der Waals surface area contributed by atoms with Gasteiger partial charge in [-0.05, 0) is 31.4 Å². The second kappa shape index (κ2) is 9.94. The fourth-order valence-electron chi connectivity index (χ4n) is 2.21. The van der Waals surface area contributed by atoms with Crippen molar-refractivity contribution in [2.75, 3.05) is 5.32 Å². The Morgan fingerprint density at radius 1 is 1.14 bits per heavy atom. The molecule has 0 heterocycles. The SMILES string of the molecule is CCC(CCCCCC(=O)Nc1ccccc1)C(=O)NO. The molecular weight excluding hydrogens is 268 g/mol. The number of rotatable bonds is 9. The van der Waals surface area contributed by atoms with Crippen LogP contribution in [-0.4, -0.2) is 17.0 Å². The number of benzene rings is 1. The van der Waals surface area contributed by atoms with Crippen molar-refractivity contribution in [2.24, 2.45) is 5.92 Å². The molecule has 5 nitrogen and oxygen atoms in total. The highest BCUT2D eigenvalue weighted by Crippen LogP contribution is 2.15. The maximum Gasteiger partial charge on any atom is 0.246 e. The summed E-state index contributed by atoms with van der Waals surface area (Å²) >= 11 is 0. The van der Waals surface area contributed by atoms with E-state index in [2.05, 4.69) is 5.32 Å². The number of hydrogen-bond donors (Lipinski definition) is 3. The van der Waals surface area contributed by atoms with E-state index in [-0.39, 0.29) is 17.7 Å². The zero-order valence-electron chi connectivity index (χ0n) is 12.5. The van der Waals surface area contributed by atoms with Crippen LogP contribution in [0.15, 0.2) is 30.3 Å². The van der Waals surface area contributed by atoms with Crippen LogP contribution in [-0.2, 0) is 9.59 Å². The molecule has 0 aliphatic rings. The fraction of sp³-hybridized carbons (Fsp3) is 0.500. The largest absolute Gasteiger partial charge is 0.326 e. The highest BCUT2D eigenvalue weighted by molar-refractivity contribution is 5.90. The van der Waals surface area contributed by atoms with Crippen molar-refractivity contribution in [3.63, 3.8) is 0 Å². The third-order valence-corrected chi connectivity index (χ3v) is 3.49. The molecule has 1 aromatic carbocycles. The molecule has 0 aromatic heterocycles. The van der Waals surface area contributed by atoms with Crippen LogP contribution in [0.25, 0.3) is 0 Å². The van der Waals surface area contributed by atoms with Crippen molar-refractivity contribution in [1.29, 1.82) is 0 Å². The summed E-state index contributed by atoms with van der Waals surface area (Å²) in [7, 11) is 0. The number of carbonyl (C=O) groups is 2. The Kier molecular flexibility index (Phi) is 8.12. The van der Waals surface area contributed by atoms with Crippen LogP contribution in [0, 0.1) is 5.92 Å². The lowest BCUT2D eigenvalue weighted by molar-refractivity contribution is -0.133. The fourth-order valence-corrected chi connectivity index (χ4v) is 2.21. The molecule has 21 heavy (non-hydrogen) atoms. The summed E-state index contributed by atoms with van der Waals surface area (Å²) in [5.41, 5.74) is 2.51. The van der Waals surface area contributed by atoms with E-state index < -0.39 is 0 Å². The van der Waals surface area contributed by atoms with Crippen molar-refractivity contribution in [3.8, 4) is 0 Å². The van der Waals surface area contributed by atoms with Gasteiger partial charge in [0, 0.05) is 18.0 Å². The molecule has 1 aromatic rings. The minimum absolute atomic E-state index is 0.0151. The lowest BCUT2D eigenvalue weighted by Gasteiger charge is -2.11. The lowest BCUT2D eigenvalue weighted by atomic mass is 9.97. The highest BCUT2D eigenvalue weighted by Gasteiger charge is 2.14. The molecule has 0 bridgehead atoms. The van der Waals surface area contributed by atoms with Crippen LogP contribution in [0.2, 0.25) is 0 Å². The Morgan fingerprint density at radius 3 is 2.48 bits per heavy atom. The van der Waals surface area contributed by atoms with Gasteiger partial charge in [-0.3, -0.25) is 14.8 Å². The Hall–Kier alpha value is -1.88. The number of anilines is 1. The summed E-state index contributed by atoms with van der Waals surface area (Å²) in [6.45, 7) is 1.92. The number of unbranched alkanes of at least 4 members (excludes halogenated alkanes) is 2. The molecule has 1 atom stereocenters. The average Bonchev–Trinajstić information content (AvgIpc) is 2.51. The van der Waals surface area contributed by atoms with Crippen LogP contribution in [0.4, 0.5) is 5.69 Å². The summed E-state index contributed by atoms with van der Waals surface area (Å²) in [5, 5.41) is 11.4. The number of carbonyl (C=O) groups excluding carboxylic acids is 2. The topological polar surface area (TPSA) is 78.4 Å². The van der Waals surface area contributed by atoms with Gasteiger partial charge in [-0.25, -0.2) is 5.48 Å². The second-order valence-electron chi connectivity index (χ2n) is 5.09. The maximum atomic E-state index is 11.7. The van der Waals surface area contributed by atoms with Gasteiger partial charge >= 0.3 is 0 Å². The molecule has 116 valence electrons. The van der Waals surface area contributed by atoms with E-state index in [9.17, 15) is 9.59 Å². The van der Waals surface area contributed by atoms with Crippen LogP contribution in [0.5, 0.6) is 0 Å². The zero-order valence-corrected chi connectivity index (χ0v) is 12.5. The molecule has 5 heteroatoms. The number of hydroxylamine groups is 1. The van der Waals surface area contributed by atoms with Gasteiger partial charge in [0.05, 0.1) is 0 Å². The van der Waals surface area contributed by atoms with Gasteiger partial charge in [0.2, 0.25) is 11.8 Å². The van der Waals surface area contributed by atoms with E-state index in [1.54, 1.807) is 5.48 Å². The van der Waals surface area contributed by atoms with Gasteiger partial charge in [0.15, 0.2) is 0 Å². The number of hydrogen-bond acceptors (Lipinski definition) is 3. The van der Waals surface area contributed by atoms with Crippen molar-refractivity contribution in [3.05, 3.63) is 30.3 Å². The van der Waals surface area contributed by atoms with Crippen molar-refractivity contribution in [1.82, 2.24) is 5.48 Å². The van der Waals surface area contributed by atoms with Gasteiger partial charge in [-0.1, -0.05) is 38.0 Å². The minimum Gasteiger partial charge on any atom is -0.326 e. The summed E-state index contributed by atoms with van der Waals surface area (Å²) in [6, 6.07) is 9.39. The van der Waals surface area contributed by atoms with E-state index in [0.717, 1.165) is 31.4 Å². The summed E-state index contributed by atoms with van der Waals surface area (Å²) in [6.07, 6.45) is 4.51. The first-order valence-electron chi connectivity index (χ1n) is 7.46. The molecule has 1 unspecified atom stereocenters. The summed E-state index contributed by atoms with van der Waals surface area (Å²) < 4.78 is 0. The Labute approximate surface area is 125 Å². The first-order chi connectivity index (χ1) is 10.2. The van der Waals surface area contributed by atoms with Gasteiger partial charge in [-0.2, -0.15) is 0 Å². The lowest BCUT2D eigenvalue weighted by Crippen LogP contribution is -2.27. The number of nitrogens with one attached hydrogen (secondary N) is 2. The third-order valence-electron chi connectivity index (χ3n) is 3.49. The molecule has 0 spiro atoms. The van der Waals surface area contributed by atoms with Crippen LogP contribution < -0.4 is 10.8 Å². The van der Waals surface area contributed by atoms with Crippen molar-refractivity contribution >= 4 is 17.5 Å². The van der Waals surface area contributed by atoms with Crippen LogP contribution in [0.3, 0.4) is 0 Å². The maximum absolute atomic E-state index is 11.7. The molecule has 0 radical (unpaired) electrons. The standard InChI is InChI=1S/C16H24N2O3/c1-2-13(16(20)18-21)9-5-3-8-12-15(19)17-14-10-6-4-7-11-14/h4,6-7,10-11,13,21H,2-3,5,8-9,12H2,1H3,(H,17,19)(H,18,20). The van der Waals surface area contributed by atoms with E-state index in [1.165, 1.54) is 0 Å². The zero-order chi connectivity index (χ0) is 15.5. The Bertz CT molecular complexity index is 434. The predicted molar refractivity (Wildman–Crippen MR) is 81.9 cm³/mol. The van der Waals surface area contributed by atoms with Gasteiger partial charge < -0.3 is 5.32 Å². The quantitative estimate of drug-likeness (QED) is 0.372. The van der Waals surface area contributed by atoms with E-state index in [1.807, 2.05) is 37.3 Å². The van der Waals surface area contributed by atoms with Gasteiger partial charge in [-0.15, -0.1) is 0 Å². The summed E-state index contributed by atoms with van der Waals surface area (Å²) in [5.74, 6) is -0.450. The average molecular weight is 292 g/mol.